The van der Waals surface area contributed by atoms with Crippen LogP contribution in [0.5, 0.6) is 0 Å². The van der Waals surface area contributed by atoms with Crippen molar-refractivity contribution in [2.45, 2.75) is 50.7 Å². The van der Waals surface area contributed by atoms with Crippen LogP contribution in [0.4, 0.5) is 0 Å². The molecule has 1 aromatic rings. The van der Waals surface area contributed by atoms with E-state index in [4.69, 9.17) is 5.73 Å². The van der Waals surface area contributed by atoms with Crippen LogP contribution in [0.25, 0.3) is 0 Å². The van der Waals surface area contributed by atoms with Crippen molar-refractivity contribution in [3.63, 3.8) is 0 Å². The molecule has 1 fully saturated rings. The molecule has 2 rings (SSSR count). The number of amides is 1. The van der Waals surface area contributed by atoms with Crippen molar-refractivity contribution >= 4 is 21.7 Å². The van der Waals surface area contributed by atoms with Gasteiger partial charge in [-0.15, -0.1) is 0 Å². The van der Waals surface area contributed by atoms with Crippen molar-refractivity contribution in [1.82, 2.24) is 14.6 Å². The number of nitrogens with one attached hydrogen (secondary N) is 1. The Bertz CT molecular complexity index is 767. The van der Waals surface area contributed by atoms with Crippen LogP contribution in [0.2, 0.25) is 0 Å². The maximum absolute atomic E-state index is 12.8. The summed E-state index contributed by atoms with van der Waals surface area (Å²) >= 11 is 0. The van der Waals surface area contributed by atoms with Gasteiger partial charge in [0, 0.05) is 12.7 Å². The van der Waals surface area contributed by atoms with Crippen molar-refractivity contribution in [3.05, 3.63) is 24.4 Å². The van der Waals surface area contributed by atoms with E-state index in [1.54, 1.807) is 12.1 Å². The number of aromatic nitrogens is 1. The SMILES string of the molecule is CC(C)C[C@H](N)C(=O)N[C@@H]1C[C@@H](C)CN(S(=O)(=O)c2ccccn2)CC1=O. The molecule has 0 aliphatic carbocycles. The molecule has 1 aliphatic rings. The molecule has 9 heteroatoms. The Kier molecular flexibility index (Phi) is 7.07. The molecule has 1 saturated heterocycles. The molecule has 0 unspecified atom stereocenters. The van der Waals surface area contributed by atoms with Gasteiger partial charge in [-0.3, -0.25) is 9.59 Å². The van der Waals surface area contributed by atoms with E-state index in [1.165, 1.54) is 12.3 Å². The number of nitrogens with two attached hydrogens (primary N) is 1. The van der Waals surface area contributed by atoms with E-state index in [-0.39, 0.29) is 41.6 Å². The largest absolute Gasteiger partial charge is 0.345 e. The van der Waals surface area contributed by atoms with Gasteiger partial charge < -0.3 is 11.1 Å². The van der Waals surface area contributed by atoms with Crippen molar-refractivity contribution in [2.75, 3.05) is 13.1 Å². The molecular formula is C18H28N4O4S. The van der Waals surface area contributed by atoms with Crippen LogP contribution in [-0.4, -0.2) is 54.6 Å². The molecule has 0 radical (unpaired) electrons. The third kappa shape index (κ3) is 5.57. The minimum Gasteiger partial charge on any atom is -0.345 e. The fraction of sp³-hybridized carbons (Fsp3) is 0.611. The maximum Gasteiger partial charge on any atom is 0.260 e. The first-order valence-electron chi connectivity index (χ1n) is 9.11. The molecule has 2 heterocycles. The fourth-order valence-electron chi connectivity index (χ4n) is 3.15. The summed E-state index contributed by atoms with van der Waals surface area (Å²) in [7, 11) is -3.87. The Labute approximate surface area is 160 Å². The van der Waals surface area contributed by atoms with Gasteiger partial charge in [-0.2, -0.15) is 4.31 Å². The Morgan fingerprint density at radius 3 is 2.70 bits per heavy atom. The van der Waals surface area contributed by atoms with Crippen LogP contribution in [0.1, 0.15) is 33.6 Å². The van der Waals surface area contributed by atoms with E-state index in [0.717, 1.165) is 4.31 Å². The van der Waals surface area contributed by atoms with Gasteiger partial charge in [0.25, 0.3) is 10.0 Å². The first kappa shape index (κ1) is 21.5. The van der Waals surface area contributed by atoms with Gasteiger partial charge in [-0.1, -0.05) is 26.8 Å². The number of hydrogen-bond donors (Lipinski definition) is 2. The second kappa shape index (κ2) is 8.90. The lowest BCUT2D eigenvalue weighted by molar-refractivity contribution is -0.128. The fourth-order valence-corrected chi connectivity index (χ4v) is 4.61. The molecule has 3 atom stereocenters. The Balaban J connectivity index is 2.13. The van der Waals surface area contributed by atoms with E-state index in [9.17, 15) is 18.0 Å². The summed E-state index contributed by atoms with van der Waals surface area (Å²) in [6.07, 6.45) is 2.28. The zero-order chi connectivity index (χ0) is 20.2. The van der Waals surface area contributed by atoms with Crippen LogP contribution < -0.4 is 11.1 Å². The first-order valence-corrected chi connectivity index (χ1v) is 10.5. The summed E-state index contributed by atoms with van der Waals surface area (Å²) in [5, 5.41) is 2.61. The number of hydrogen-bond acceptors (Lipinski definition) is 6. The highest BCUT2D eigenvalue weighted by atomic mass is 32.2. The minimum atomic E-state index is -3.87. The lowest BCUT2D eigenvalue weighted by Gasteiger charge is -2.20. The molecule has 0 spiro atoms. The van der Waals surface area contributed by atoms with E-state index in [2.05, 4.69) is 10.3 Å². The molecular weight excluding hydrogens is 368 g/mol. The number of carbonyl (C=O) groups excluding carboxylic acids is 2. The van der Waals surface area contributed by atoms with Gasteiger partial charge in [-0.05, 0) is 36.8 Å². The zero-order valence-corrected chi connectivity index (χ0v) is 16.8. The highest BCUT2D eigenvalue weighted by molar-refractivity contribution is 7.89. The topological polar surface area (TPSA) is 122 Å². The van der Waals surface area contributed by atoms with Crippen LogP contribution in [-0.2, 0) is 19.6 Å². The first-order chi connectivity index (χ1) is 12.6. The third-order valence-corrected chi connectivity index (χ3v) is 6.22. The smallest absolute Gasteiger partial charge is 0.260 e. The van der Waals surface area contributed by atoms with Gasteiger partial charge >= 0.3 is 0 Å². The molecule has 0 aromatic carbocycles. The van der Waals surface area contributed by atoms with E-state index in [0.29, 0.717) is 12.8 Å². The number of rotatable bonds is 6. The second-order valence-electron chi connectivity index (χ2n) is 7.57. The number of nitrogens with zero attached hydrogens (tertiary/aromatic N) is 2. The highest BCUT2D eigenvalue weighted by Crippen LogP contribution is 2.21. The lowest BCUT2D eigenvalue weighted by Crippen LogP contribution is -2.50. The molecule has 150 valence electrons. The molecule has 27 heavy (non-hydrogen) atoms. The summed E-state index contributed by atoms with van der Waals surface area (Å²) in [4.78, 5) is 28.8. The summed E-state index contributed by atoms with van der Waals surface area (Å²) < 4.78 is 26.7. The molecule has 0 saturated carbocycles. The summed E-state index contributed by atoms with van der Waals surface area (Å²) in [6, 6.07) is 3.18. The minimum absolute atomic E-state index is 0.0913. The highest BCUT2D eigenvalue weighted by Gasteiger charge is 2.36. The number of pyridine rings is 1. The van der Waals surface area contributed by atoms with Crippen molar-refractivity contribution < 1.29 is 18.0 Å². The average Bonchev–Trinajstić information content (AvgIpc) is 2.74. The van der Waals surface area contributed by atoms with Crippen LogP contribution in [0.3, 0.4) is 0 Å². The monoisotopic (exact) mass is 396 g/mol. The number of Topliss-reactive ketones (excluding diaryl/α,β-unsaturated/α-hetero) is 1. The van der Waals surface area contributed by atoms with E-state index in [1.807, 2.05) is 20.8 Å². The van der Waals surface area contributed by atoms with Crippen molar-refractivity contribution in [1.29, 1.82) is 0 Å². The third-order valence-electron chi connectivity index (χ3n) is 4.49. The molecule has 1 aromatic heterocycles. The lowest BCUT2D eigenvalue weighted by atomic mass is 9.99. The summed E-state index contributed by atoms with van der Waals surface area (Å²) in [5.41, 5.74) is 5.89. The average molecular weight is 397 g/mol. The molecule has 0 bridgehead atoms. The molecule has 8 nitrogen and oxygen atoms in total. The van der Waals surface area contributed by atoms with Gasteiger partial charge in [-0.25, -0.2) is 13.4 Å². The predicted octanol–water partition coefficient (Wildman–Crippen LogP) is 0.539. The summed E-state index contributed by atoms with van der Waals surface area (Å²) in [6.45, 7) is 5.67. The molecule has 3 N–H and O–H groups in total. The van der Waals surface area contributed by atoms with E-state index < -0.39 is 22.1 Å². The van der Waals surface area contributed by atoms with Gasteiger partial charge in [0.15, 0.2) is 10.8 Å². The quantitative estimate of drug-likeness (QED) is 0.723. The van der Waals surface area contributed by atoms with Crippen molar-refractivity contribution in [2.24, 2.45) is 17.6 Å². The Hall–Kier alpha value is -1.84. The van der Waals surface area contributed by atoms with Crippen molar-refractivity contribution in [3.8, 4) is 0 Å². The molecule has 1 amide bonds. The maximum atomic E-state index is 12.8. The van der Waals surface area contributed by atoms with Gasteiger partial charge in [0.2, 0.25) is 5.91 Å². The number of sulfonamides is 1. The Morgan fingerprint density at radius 2 is 2.11 bits per heavy atom. The normalized spacial score (nSPS) is 23.1. The Morgan fingerprint density at radius 1 is 1.41 bits per heavy atom. The molecule has 1 aliphatic heterocycles. The number of ketones is 1. The van der Waals surface area contributed by atoms with Crippen LogP contribution in [0, 0.1) is 11.8 Å². The standard InChI is InChI=1S/C18H28N4O4S/c1-12(2)8-14(19)18(24)21-15-9-13(3)10-22(11-16(15)23)27(25,26)17-6-4-5-7-20-17/h4-7,12-15H,8-11,19H2,1-3H3,(H,21,24)/t13-,14+,15-/m1/s1. The number of carbonyl (C=O) groups is 2. The zero-order valence-electron chi connectivity index (χ0n) is 16.0. The van der Waals surface area contributed by atoms with Gasteiger partial charge in [0.05, 0.1) is 18.6 Å². The van der Waals surface area contributed by atoms with Crippen LogP contribution in [0.15, 0.2) is 29.4 Å². The van der Waals surface area contributed by atoms with E-state index >= 15 is 0 Å². The van der Waals surface area contributed by atoms with Crippen LogP contribution >= 0.6 is 0 Å². The summed E-state index contributed by atoms with van der Waals surface area (Å²) in [5.74, 6) is -0.575. The van der Waals surface area contributed by atoms with Gasteiger partial charge in [0.1, 0.15) is 0 Å². The predicted molar refractivity (Wildman–Crippen MR) is 101 cm³/mol. The second-order valence-corrected chi connectivity index (χ2v) is 9.45.